The highest BCUT2D eigenvalue weighted by Crippen LogP contribution is 2.16. The SMILES string of the molecule is [B]C(CCOC(=O)C(C)(C)C)COP. The molecule has 2 radical (unpaired) electrons. The summed E-state index contributed by atoms with van der Waals surface area (Å²) in [5.41, 5.74) is -0.443. The third kappa shape index (κ3) is 6.39. The monoisotopic (exact) mass is 216 g/mol. The first kappa shape index (κ1) is 13.9. The Morgan fingerprint density at radius 1 is 1.50 bits per heavy atom. The minimum absolute atomic E-state index is 0.0831. The molecule has 0 heterocycles. The summed E-state index contributed by atoms with van der Waals surface area (Å²) in [5.74, 6) is -0.281. The number of carbonyl (C=O) groups excluding carboxylic acids is 1. The third-order valence-electron chi connectivity index (χ3n) is 1.64. The van der Waals surface area contributed by atoms with Gasteiger partial charge in [0, 0.05) is 16.1 Å². The van der Waals surface area contributed by atoms with Crippen molar-refractivity contribution in [2.45, 2.75) is 33.0 Å². The lowest BCUT2D eigenvalue weighted by atomic mass is 9.86. The molecular formula is C9H18BO3P. The average Bonchev–Trinajstić information content (AvgIpc) is 2.02. The van der Waals surface area contributed by atoms with Crippen molar-refractivity contribution in [3.05, 3.63) is 0 Å². The Morgan fingerprint density at radius 2 is 2.07 bits per heavy atom. The van der Waals surface area contributed by atoms with Crippen molar-refractivity contribution in [2.75, 3.05) is 13.2 Å². The fourth-order valence-electron chi connectivity index (χ4n) is 0.726. The molecule has 0 amide bonds. The smallest absolute Gasteiger partial charge is 0.311 e. The van der Waals surface area contributed by atoms with Crippen LogP contribution in [0.25, 0.3) is 0 Å². The van der Waals surface area contributed by atoms with Crippen molar-refractivity contribution in [1.29, 1.82) is 0 Å². The fourth-order valence-corrected chi connectivity index (χ4v) is 0.974. The number of carbonyl (C=O) groups is 1. The minimum atomic E-state index is -0.443. The van der Waals surface area contributed by atoms with Gasteiger partial charge in [-0.3, -0.25) is 4.79 Å². The zero-order chi connectivity index (χ0) is 11.2. The van der Waals surface area contributed by atoms with E-state index in [9.17, 15) is 4.79 Å². The Morgan fingerprint density at radius 3 is 2.50 bits per heavy atom. The Hall–Kier alpha value is -0.0751. The lowest BCUT2D eigenvalue weighted by molar-refractivity contribution is -0.153. The largest absolute Gasteiger partial charge is 0.465 e. The van der Waals surface area contributed by atoms with Crippen LogP contribution in [0.5, 0.6) is 0 Å². The molecule has 0 aromatic rings. The molecule has 5 heteroatoms. The Kier molecular flexibility index (Phi) is 6.38. The van der Waals surface area contributed by atoms with Gasteiger partial charge in [0.05, 0.1) is 19.9 Å². The van der Waals surface area contributed by atoms with E-state index in [1.807, 2.05) is 20.8 Å². The number of rotatable bonds is 5. The van der Waals surface area contributed by atoms with Crippen LogP contribution in [0.15, 0.2) is 0 Å². The van der Waals surface area contributed by atoms with Crippen molar-refractivity contribution < 1.29 is 14.1 Å². The molecule has 0 N–H and O–H groups in total. The fraction of sp³-hybridized carbons (Fsp3) is 0.889. The molecule has 0 saturated carbocycles. The van der Waals surface area contributed by atoms with Gasteiger partial charge in [0.25, 0.3) is 0 Å². The van der Waals surface area contributed by atoms with Crippen molar-refractivity contribution in [1.82, 2.24) is 0 Å². The average molecular weight is 216 g/mol. The van der Waals surface area contributed by atoms with Crippen LogP contribution in [-0.4, -0.2) is 27.0 Å². The summed E-state index contributed by atoms with van der Waals surface area (Å²) in [4.78, 5) is 11.3. The molecule has 0 spiro atoms. The highest BCUT2D eigenvalue weighted by molar-refractivity contribution is 7.09. The summed E-state index contributed by atoms with van der Waals surface area (Å²) in [6.45, 7) is 6.27. The second-order valence-corrected chi connectivity index (χ2v) is 4.60. The van der Waals surface area contributed by atoms with E-state index >= 15 is 0 Å². The van der Waals surface area contributed by atoms with E-state index in [4.69, 9.17) is 17.1 Å². The summed E-state index contributed by atoms with van der Waals surface area (Å²) < 4.78 is 9.82. The molecule has 0 fully saturated rings. The van der Waals surface area contributed by atoms with Crippen molar-refractivity contribution in [3.8, 4) is 0 Å². The van der Waals surface area contributed by atoms with E-state index in [2.05, 4.69) is 9.47 Å². The van der Waals surface area contributed by atoms with Gasteiger partial charge in [-0.05, 0) is 27.2 Å². The van der Waals surface area contributed by atoms with E-state index in [0.717, 1.165) is 0 Å². The molecule has 2 unspecified atom stereocenters. The molecular weight excluding hydrogens is 198 g/mol. The minimum Gasteiger partial charge on any atom is -0.465 e. The quantitative estimate of drug-likeness (QED) is 0.398. The third-order valence-corrected chi connectivity index (χ3v) is 1.84. The van der Waals surface area contributed by atoms with Gasteiger partial charge in [0.15, 0.2) is 0 Å². The maximum absolute atomic E-state index is 11.3. The molecule has 0 aliphatic rings. The summed E-state index contributed by atoms with van der Waals surface area (Å²) in [6, 6.07) is 0. The van der Waals surface area contributed by atoms with Crippen LogP contribution in [-0.2, 0) is 14.1 Å². The molecule has 0 aliphatic carbocycles. The first-order valence-electron chi connectivity index (χ1n) is 4.62. The topological polar surface area (TPSA) is 35.5 Å². The van der Waals surface area contributed by atoms with Gasteiger partial charge < -0.3 is 9.26 Å². The van der Waals surface area contributed by atoms with Gasteiger partial charge in [-0.1, -0.05) is 5.82 Å². The standard InChI is InChI=1S/C9H18BO3P/c1-9(2,3)8(11)12-5-4-7(10)6-13-14/h7H,4-6,14H2,1-3H3. The molecule has 3 nitrogen and oxygen atoms in total. The zero-order valence-electron chi connectivity index (χ0n) is 9.08. The van der Waals surface area contributed by atoms with Crippen molar-refractivity contribution in [2.24, 2.45) is 5.41 Å². The van der Waals surface area contributed by atoms with Crippen LogP contribution >= 0.6 is 9.47 Å². The van der Waals surface area contributed by atoms with E-state index in [1.165, 1.54) is 0 Å². The maximum Gasteiger partial charge on any atom is 0.311 e. The Bertz CT molecular complexity index is 179. The first-order valence-corrected chi connectivity index (χ1v) is 5.09. The number of ether oxygens (including phenoxy) is 1. The lowest BCUT2D eigenvalue weighted by Crippen LogP contribution is -2.23. The summed E-state index contributed by atoms with van der Waals surface area (Å²) in [6.07, 6.45) is 0.621. The van der Waals surface area contributed by atoms with Crippen LogP contribution in [0, 0.1) is 5.41 Å². The van der Waals surface area contributed by atoms with E-state index in [1.54, 1.807) is 0 Å². The summed E-state index contributed by atoms with van der Waals surface area (Å²) in [5, 5.41) is 0. The highest BCUT2D eigenvalue weighted by atomic mass is 31.0. The highest BCUT2D eigenvalue weighted by Gasteiger charge is 2.22. The lowest BCUT2D eigenvalue weighted by Gasteiger charge is -2.17. The van der Waals surface area contributed by atoms with Crippen LogP contribution in [0.3, 0.4) is 0 Å². The van der Waals surface area contributed by atoms with Gasteiger partial charge in [0.1, 0.15) is 0 Å². The predicted octanol–water partition coefficient (Wildman–Crippen LogP) is 1.73. The maximum atomic E-state index is 11.3. The number of esters is 1. The molecule has 80 valence electrons. The second kappa shape index (κ2) is 6.42. The second-order valence-electron chi connectivity index (χ2n) is 4.27. The molecule has 0 aromatic carbocycles. The van der Waals surface area contributed by atoms with Gasteiger partial charge in [-0.2, -0.15) is 0 Å². The molecule has 0 aromatic heterocycles. The van der Waals surface area contributed by atoms with Crippen molar-refractivity contribution in [3.63, 3.8) is 0 Å². The molecule has 0 aliphatic heterocycles. The van der Waals surface area contributed by atoms with Crippen LogP contribution < -0.4 is 0 Å². The van der Waals surface area contributed by atoms with Gasteiger partial charge in [-0.15, -0.1) is 0 Å². The molecule has 2 atom stereocenters. The predicted molar refractivity (Wildman–Crippen MR) is 60.2 cm³/mol. The molecule has 0 rings (SSSR count). The number of hydrogen-bond acceptors (Lipinski definition) is 3. The normalized spacial score (nSPS) is 13.7. The summed E-state index contributed by atoms with van der Waals surface area (Å²) in [7, 11) is 7.79. The van der Waals surface area contributed by atoms with Gasteiger partial charge >= 0.3 is 5.97 Å². The Labute approximate surface area is 89.6 Å². The molecule has 0 saturated heterocycles. The summed E-state index contributed by atoms with van der Waals surface area (Å²) >= 11 is 0. The molecule has 14 heavy (non-hydrogen) atoms. The zero-order valence-corrected chi connectivity index (χ0v) is 10.2. The molecule has 0 bridgehead atoms. The first-order chi connectivity index (χ1) is 6.38. The Balaban J connectivity index is 3.59. The van der Waals surface area contributed by atoms with E-state index < -0.39 is 5.41 Å². The van der Waals surface area contributed by atoms with Crippen LogP contribution in [0.4, 0.5) is 0 Å². The van der Waals surface area contributed by atoms with Crippen LogP contribution in [0.1, 0.15) is 27.2 Å². The number of hydrogen-bond donors (Lipinski definition) is 0. The van der Waals surface area contributed by atoms with Crippen LogP contribution in [0.2, 0.25) is 5.82 Å². The van der Waals surface area contributed by atoms with Gasteiger partial charge in [-0.25, -0.2) is 0 Å². The van der Waals surface area contributed by atoms with E-state index in [0.29, 0.717) is 19.6 Å². The van der Waals surface area contributed by atoms with Gasteiger partial charge in [0.2, 0.25) is 0 Å². The van der Waals surface area contributed by atoms with Crippen molar-refractivity contribution >= 4 is 23.3 Å². The van der Waals surface area contributed by atoms with E-state index in [-0.39, 0.29) is 11.8 Å².